The molecular weight excluding hydrogens is 414 g/mol. The van der Waals surface area contributed by atoms with Crippen LogP contribution in [0, 0.1) is 0 Å². The van der Waals surface area contributed by atoms with Crippen LogP contribution in [0.25, 0.3) is 0 Å². The van der Waals surface area contributed by atoms with Crippen LogP contribution in [0.4, 0.5) is 5.69 Å². The van der Waals surface area contributed by atoms with E-state index in [2.05, 4.69) is 15.8 Å². The molecule has 2 N–H and O–H groups in total. The zero-order valence-corrected chi connectivity index (χ0v) is 18.1. The van der Waals surface area contributed by atoms with Crippen molar-refractivity contribution >= 4 is 29.7 Å². The van der Waals surface area contributed by atoms with Crippen molar-refractivity contribution in [3.63, 3.8) is 0 Å². The van der Waals surface area contributed by atoms with Crippen molar-refractivity contribution < 1.29 is 28.6 Å². The highest BCUT2D eigenvalue weighted by Gasteiger charge is 2.07. The van der Waals surface area contributed by atoms with Crippen LogP contribution in [0.1, 0.15) is 32.3 Å². The molecule has 2 amide bonds. The molecule has 9 nitrogen and oxygen atoms in total. The summed E-state index contributed by atoms with van der Waals surface area (Å²) in [6.45, 7) is 4.33. The van der Waals surface area contributed by atoms with Gasteiger partial charge in [0, 0.05) is 18.5 Å². The summed E-state index contributed by atoms with van der Waals surface area (Å²) in [4.78, 5) is 35.1. The molecule has 2 aromatic carbocycles. The number of hydrazone groups is 1. The second-order valence-corrected chi connectivity index (χ2v) is 6.46. The van der Waals surface area contributed by atoms with Gasteiger partial charge >= 0.3 is 5.97 Å². The van der Waals surface area contributed by atoms with Crippen LogP contribution in [-0.4, -0.2) is 43.8 Å². The standard InChI is InChI=1S/C23H27N3O6/c1-3-30-19-11-7-18(8-12-19)25-21(27)13-14-22(28)26-24-15-17-5-9-20(10-6-17)32-16-23(29)31-4-2/h5-12,15H,3-4,13-14,16H2,1-2H3,(H,25,27)(H,26,28). The molecule has 0 aliphatic carbocycles. The Labute approximate surface area is 186 Å². The number of amides is 2. The minimum Gasteiger partial charge on any atom is -0.494 e. The van der Waals surface area contributed by atoms with Crippen molar-refractivity contribution in [3.8, 4) is 11.5 Å². The molecule has 2 rings (SSSR count). The Hall–Kier alpha value is -3.88. The zero-order chi connectivity index (χ0) is 23.2. The second-order valence-electron chi connectivity index (χ2n) is 6.46. The fraction of sp³-hybridized carbons (Fsp3) is 0.304. The fourth-order valence-corrected chi connectivity index (χ4v) is 2.48. The summed E-state index contributed by atoms with van der Waals surface area (Å²) in [7, 11) is 0. The summed E-state index contributed by atoms with van der Waals surface area (Å²) in [5, 5.41) is 6.60. The highest BCUT2D eigenvalue weighted by molar-refractivity contribution is 5.93. The molecule has 32 heavy (non-hydrogen) atoms. The van der Waals surface area contributed by atoms with Crippen molar-refractivity contribution in [2.45, 2.75) is 26.7 Å². The van der Waals surface area contributed by atoms with Gasteiger partial charge < -0.3 is 19.5 Å². The van der Waals surface area contributed by atoms with Crippen LogP contribution in [0.5, 0.6) is 11.5 Å². The summed E-state index contributed by atoms with van der Waals surface area (Å²) in [6.07, 6.45) is 1.49. The topological polar surface area (TPSA) is 115 Å². The van der Waals surface area contributed by atoms with E-state index in [-0.39, 0.29) is 31.3 Å². The van der Waals surface area contributed by atoms with Gasteiger partial charge in [-0.1, -0.05) is 0 Å². The predicted molar refractivity (Wildman–Crippen MR) is 120 cm³/mol. The Morgan fingerprint density at radius 1 is 0.844 bits per heavy atom. The third-order valence-corrected chi connectivity index (χ3v) is 3.97. The van der Waals surface area contributed by atoms with Gasteiger partial charge in [-0.25, -0.2) is 10.2 Å². The number of hydrogen-bond acceptors (Lipinski definition) is 7. The molecular formula is C23H27N3O6. The van der Waals surface area contributed by atoms with Crippen LogP contribution in [0.3, 0.4) is 0 Å². The smallest absolute Gasteiger partial charge is 0.344 e. The van der Waals surface area contributed by atoms with E-state index in [1.54, 1.807) is 55.5 Å². The maximum Gasteiger partial charge on any atom is 0.344 e. The summed E-state index contributed by atoms with van der Waals surface area (Å²) < 4.78 is 15.4. The molecule has 0 bridgehead atoms. The molecule has 0 atom stereocenters. The monoisotopic (exact) mass is 441 g/mol. The van der Waals surface area contributed by atoms with E-state index >= 15 is 0 Å². The van der Waals surface area contributed by atoms with Gasteiger partial charge in [0.05, 0.1) is 19.4 Å². The maximum absolute atomic E-state index is 12.0. The quantitative estimate of drug-likeness (QED) is 0.297. The SMILES string of the molecule is CCOC(=O)COc1ccc(C=NNC(=O)CCC(=O)Nc2ccc(OCC)cc2)cc1. The van der Waals surface area contributed by atoms with Gasteiger partial charge in [-0.3, -0.25) is 9.59 Å². The number of rotatable bonds is 12. The Morgan fingerprint density at radius 2 is 1.47 bits per heavy atom. The van der Waals surface area contributed by atoms with Gasteiger partial charge in [-0.05, 0) is 67.9 Å². The Balaban J connectivity index is 1.68. The highest BCUT2D eigenvalue weighted by atomic mass is 16.6. The number of esters is 1. The van der Waals surface area contributed by atoms with Gasteiger partial charge in [0.2, 0.25) is 11.8 Å². The maximum atomic E-state index is 12.0. The molecule has 0 heterocycles. The first-order valence-corrected chi connectivity index (χ1v) is 10.2. The normalized spacial score (nSPS) is 10.4. The third kappa shape index (κ3) is 9.29. The summed E-state index contributed by atoms with van der Waals surface area (Å²) >= 11 is 0. The first kappa shape index (κ1) is 24.4. The number of nitrogens with zero attached hydrogens (tertiary/aromatic N) is 1. The molecule has 0 saturated carbocycles. The minimum absolute atomic E-state index is 0.000833. The van der Waals surface area contributed by atoms with Gasteiger partial charge in [-0.2, -0.15) is 5.10 Å². The van der Waals surface area contributed by atoms with Gasteiger partial charge in [-0.15, -0.1) is 0 Å². The van der Waals surface area contributed by atoms with Crippen LogP contribution >= 0.6 is 0 Å². The van der Waals surface area contributed by atoms with Crippen molar-refractivity contribution in [3.05, 3.63) is 54.1 Å². The first-order chi connectivity index (χ1) is 15.5. The lowest BCUT2D eigenvalue weighted by molar-refractivity contribution is -0.145. The fourth-order valence-electron chi connectivity index (χ4n) is 2.48. The number of carbonyl (C=O) groups excluding carboxylic acids is 3. The summed E-state index contributed by atoms with van der Waals surface area (Å²) in [6, 6.07) is 13.8. The largest absolute Gasteiger partial charge is 0.494 e. The van der Waals surface area contributed by atoms with Crippen LogP contribution in [0.2, 0.25) is 0 Å². The first-order valence-electron chi connectivity index (χ1n) is 10.2. The van der Waals surface area contributed by atoms with E-state index in [0.717, 1.165) is 11.3 Å². The predicted octanol–water partition coefficient (Wildman–Crippen LogP) is 2.90. The molecule has 0 aromatic heterocycles. The van der Waals surface area contributed by atoms with E-state index in [0.29, 0.717) is 24.7 Å². The average molecular weight is 441 g/mol. The van der Waals surface area contributed by atoms with E-state index in [4.69, 9.17) is 14.2 Å². The number of benzene rings is 2. The Kier molecular flexibility index (Phi) is 10.2. The molecule has 9 heteroatoms. The van der Waals surface area contributed by atoms with Gasteiger partial charge in [0.25, 0.3) is 0 Å². The van der Waals surface area contributed by atoms with Crippen molar-refractivity contribution in [1.29, 1.82) is 0 Å². The third-order valence-electron chi connectivity index (χ3n) is 3.97. The van der Waals surface area contributed by atoms with Crippen molar-refractivity contribution in [1.82, 2.24) is 5.43 Å². The zero-order valence-electron chi connectivity index (χ0n) is 18.1. The number of hydrogen-bond donors (Lipinski definition) is 2. The lowest BCUT2D eigenvalue weighted by Gasteiger charge is -2.07. The lowest BCUT2D eigenvalue weighted by Crippen LogP contribution is -2.20. The Bertz CT molecular complexity index is 910. The molecule has 0 fully saturated rings. The molecule has 0 aliphatic heterocycles. The average Bonchev–Trinajstić information content (AvgIpc) is 2.79. The lowest BCUT2D eigenvalue weighted by atomic mass is 10.2. The molecule has 0 spiro atoms. The van der Waals surface area contributed by atoms with Crippen molar-refractivity contribution in [2.24, 2.45) is 5.10 Å². The number of ether oxygens (including phenoxy) is 3. The van der Waals surface area contributed by atoms with Crippen molar-refractivity contribution in [2.75, 3.05) is 25.1 Å². The molecule has 0 radical (unpaired) electrons. The molecule has 2 aromatic rings. The van der Waals surface area contributed by atoms with Crippen LogP contribution < -0.4 is 20.2 Å². The summed E-state index contributed by atoms with van der Waals surface area (Å²) in [5.74, 6) is 0.151. The molecule has 170 valence electrons. The van der Waals surface area contributed by atoms with Gasteiger partial charge in [0.1, 0.15) is 11.5 Å². The highest BCUT2D eigenvalue weighted by Crippen LogP contribution is 2.16. The number of nitrogens with one attached hydrogen (secondary N) is 2. The molecule has 0 aliphatic rings. The number of carbonyl (C=O) groups is 3. The number of anilines is 1. The molecule has 0 unspecified atom stereocenters. The van der Waals surface area contributed by atoms with E-state index < -0.39 is 5.97 Å². The second kappa shape index (κ2) is 13.4. The van der Waals surface area contributed by atoms with Crippen LogP contribution in [0.15, 0.2) is 53.6 Å². The van der Waals surface area contributed by atoms with E-state index in [1.807, 2.05) is 6.92 Å². The van der Waals surface area contributed by atoms with Crippen LogP contribution in [-0.2, 0) is 19.1 Å². The Morgan fingerprint density at radius 3 is 2.12 bits per heavy atom. The van der Waals surface area contributed by atoms with Gasteiger partial charge in [0.15, 0.2) is 6.61 Å². The van der Waals surface area contributed by atoms with E-state index in [9.17, 15) is 14.4 Å². The summed E-state index contributed by atoms with van der Waals surface area (Å²) in [5.41, 5.74) is 3.74. The molecule has 0 saturated heterocycles. The van der Waals surface area contributed by atoms with E-state index in [1.165, 1.54) is 6.21 Å². The minimum atomic E-state index is -0.436.